The zero-order valence-corrected chi connectivity index (χ0v) is 11.7. The summed E-state index contributed by atoms with van der Waals surface area (Å²) in [4.78, 5) is 15.5. The molecule has 0 saturated carbocycles. The second-order valence-corrected chi connectivity index (χ2v) is 4.81. The summed E-state index contributed by atoms with van der Waals surface area (Å²) in [6.45, 7) is 2.49. The lowest BCUT2D eigenvalue weighted by atomic mass is 10.1. The minimum atomic E-state index is 0.176. The molecule has 0 saturated heterocycles. The van der Waals surface area contributed by atoms with E-state index in [0.717, 1.165) is 58.2 Å². The molecule has 1 aromatic rings. The van der Waals surface area contributed by atoms with Crippen LogP contribution >= 0.6 is 0 Å². The number of hydrogen-bond donors (Lipinski definition) is 2. The van der Waals surface area contributed by atoms with E-state index in [9.17, 15) is 4.79 Å². The van der Waals surface area contributed by atoms with Gasteiger partial charge in [0, 0.05) is 31.9 Å². The highest BCUT2D eigenvalue weighted by Crippen LogP contribution is 2.02. The fraction of sp³-hybridized carbons (Fsp3) is 0.714. The van der Waals surface area contributed by atoms with E-state index in [2.05, 4.69) is 14.9 Å². The second kappa shape index (κ2) is 10.6. The molecule has 1 amide bonds. The fourth-order valence-electron chi connectivity index (χ4n) is 1.94. The number of aromatic nitrogens is 2. The number of nitrogens with two attached hydrogens (primary N) is 1. The predicted molar refractivity (Wildman–Crippen MR) is 76.6 cm³/mol. The number of aryl methyl sites for hydroxylation is 1. The van der Waals surface area contributed by atoms with Gasteiger partial charge in [-0.25, -0.2) is 4.98 Å². The van der Waals surface area contributed by atoms with Crippen LogP contribution in [0.25, 0.3) is 0 Å². The van der Waals surface area contributed by atoms with E-state index in [0.29, 0.717) is 6.42 Å². The maximum absolute atomic E-state index is 11.5. The Bertz CT molecular complexity index is 324. The van der Waals surface area contributed by atoms with Crippen molar-refractivity contribution in [3.05, 3.63) is 18.7 Å². The average molecular weight is 266 g/mol. The first-order valence-electron chi connectivity index (χ1n) is 7.25. The van der Waals surface area contributed by atoms with Gasteiger partial charge in [0.2, 0.25) is 5.91 Å². The standard InChI is InChI=1S/C14H26N4O/c15-8-4-2-1-3-7-14(19)17-9-5-6-11-18-12-10-16-13-18/h10,12-13H,1-9,11,15H2,(H,17,19). The van der Waals surface area contributed by atoms with E-state index < -0.39 is 0 Å². The molecule has 0 radical (unpaired) electrons. The molecular formula is C14H26N4O. The monoisotopic (exact) mass is 266 g/mol. The molecule has 108 valence electrons. The van der Waals surface area contributed by atoms with Gasteiger partial charge in [0.1, 0.15) is 0 Å². The Morgan fingerprint density at radius 3 is 2.74 bits per heavy atom. The van der Waals surface area contributed by atoms with Gasteiger partial charge in [0.05, 0.1) is 6.33 Å². The van der Waals surface area contributed by atoms with Crippen LogP contribution in [0, 0.1) is 0 Å². The van der Waals surface area contributed by atoms with Crippen LogP contribution in [0.15, 0.2) is 18.7 Å². The topological polar surface area (TPSA) is 72.9 Å². The first-order chi connectivity index (χ1) is 9.33. The molecule has 0 atom stereocenters. The van der Waals surface area contributed by atoms with Crippen LogP contribution in [0.1, 0.15) is 44.9 Å². The lowest BCUT2D eigenvalue weighted by molar-refractivity contribution is -0.121. The Morgan fingerprint density at radius 1 is 1.16 bits per heavy atom. The highest BCUT2D eigenvalue weighted by atomic mass is 16.1. The van der Waals surface area contributed by atoms with Crippen molar-refractivity contribution < 1.29 is 4.79 Å². The molecule has 1 heterocycles. The minimum absolute atomic E-state index is 0.176. The van der Waals surface area contributed by atoms with Crippen LogP contribution in [-0.4, -0.2) is 28.5 Å². The summed E-state index contributed by atoms with van der Waals surface area (Å²) in [7, 11) is 0. The Hall–Kier alpha value is -1.36. The van der Waals surface area contributed by atoms with Crippen molar-refractivity contribution in [2.45, 2.75) is 51.5 Å². The van der Waals surface area contributed by atoms with E-state index >= 15 is 0 Å². The van der Waals surface area contributed by atoms with E-state index in [1.54, 1.807) is 6.20 Å². The number of hydrogen-bond acceptors (Lipinski definition) is 3. The molecule has 0 aliphatic heterocycles. The van der Waals surface area contributed by atoms with Gasteiger partial charge >= 0.3 is 0 Å². The first-order valence-corrected chi connectivity index (χ1v) is 7.25. The van der Waals surface area contributed by atoms with E-state index in [1.807, 2.05) is 12.5 Å². The normalized spacial score (nSPS) is 10.6. The quantitative estimate of drug-likeness (QED) is 0.599. The number of nitrogens with zero attached hydrogens (tertiary/aromatic N) is 2. The van der Waals surface area contributed by atoms with Crippen molar-refractivity contribution in [2.24, 2.45) is 5.73 Å². The zero-order valence-electron chi connectivity index (χ0n) is 11.7. The third-order valence-electron chi connectivity index (χ3n) is 3.08. The summed E-state index contributed by atoms with van der Waals surface area (Å²) < 4.78 is 2.05. The highest BCUT2D eigenvalue weighted by Gasteiger charge is 2.00. The van der Waals surface area contributed by atoms with Gasteiger partial charge in [-0.1, -0.05) is 12.8 Å². The number of nitrogens with one attached hydrogen (secondary N) is 1. The van der Waals surface area contributed by atoms with Crippen LogP contribution in [0.5, 0.6) is 0 Å². The van der Waals surface area contributed by atoms with E-state index in [-0.39, 0.29) is 5.91 Å². The lowest BCUT2D eigenvalue weighted by Crippen LogP contribution is -2.24. The van der Waals surface area contributed by atoms with Crippen LogP contribution in [0.4, 0.5) is 0 Å². The Kier molecular flexibility index (Phi) is 8.72. The Morgan fingerprint density at radius 2 is 2.00 bits per heavy atom. The van der Waals surface area contributed by atoms with Crippen LogP contribution < -0.4 is 11.1 Å². The van der Waals surface area contributed by atoms with Gasteiger partial charge in [-0.15, -0.1) is 0 Å². The van der Waals surface area contributed by atoms with Gasteiger partial charge in [-0.05, 0) is 32.2 Å². The summed E-state index contributed by atoms with van der Waals surface area (Å²) in [5, 5.41) is 2.97. The Labute approximate surface area is 115 Å². The third-order valence-corrected chi connectivity index (χ3v) is 3.08. The smallest absolute Gasteiger partial charge is 0.219 e. The number of amides is 1. The van der Waals surface area contributed by atoms with Crippen molar-refractivity contribution in [3.8, 4) is 0 Å². The molecule has 0 unspecified atom stereocenters. The van der Waals surface area contributed by atoms with Gasteiger partial charge in [-0.3, -0.25) is 4.79 Å². The van der Waals surface area contributed by atoms with Crippen molar-refractivity contribution in [1.29, 1.82) is 0 Å². The van der Waals surface area contributed by atoms with Crippen molar-refractivity contribution in [3.63, 3.8) is 0 Å². The molecule has 19 heavy (non-hydrogen) atoms. The summed E-state index contributed by atoms with van der Waals surface area (Å²) >= 11 is 0. The summed E-state index contributed by atoms with van der Waals surface area (Å²) in [6.07, 6.45) is 12.6. The fourth-order valence-corrected chi connectivity index (χ4v) is 1.94. The molecule has 1 aromatic heterocycles. The summed E-state index contributed by atoms with van der Waals surface area (Å²) in [5.74, 6) is 0.176. The highest BCUT2D eigenvalue weighted by molar-refractivity contribution is 5.75. The molecule has 0 fully saturated rings. The SMILES string of the molecule is NCCCCCCC(=O)NCCCCn1ccnc1. The maximum atomic E-state index is 11.5. The predicted octanol–water partition coefficient (Wildman–Crippen LogP) is 1.69. The number of unbranched alkanes of at least 4 members (excludes halogenated alkanes) is 4. The van der Waals surface area contributed by atoms with E-state index in [4.69, 9.17) is 5.73 Å². The summed E-state index contributed by atoms with van der Waals surface area (Å²) in [5.41, 5.74) is 5.41. The largest absolute Gasteiger partial charge is 0.356 e. The Balaban J connectivity index is 1.87. The molecule has 1 rings (SSSR count). The number of rotatable bonds is 11. The molecule has 5 nitrogen and oxygen atoms in total. The molecule has 0 aliphatic carbocycles. The molecule has 0 bridgehead atoms. The van der Waals surface area contributed by atoms with Crippen molar-refractivity contribution >= 4 is 5.91 Å². The lowest BCUT2D eigenvalue weighted by Gasteiger charge is -2.05. The van der Waals surface area contributed by atoms with Crippen LogP contribution in [0.2, 0.25) is 0 Å². The molecule has 0 spiro atoms. The second-order valence-electron chi connectivity index (χ2n) is 4.81. The van der Waals surface area contributed by atoms with E-state index in [1.165, 1.54) is 0 Å². The zero-order chi connectivity index (χ0) is 13.8. The van der Waals surface area contributed by atoms with Gasteiger partial charge in [0.25, 0.3) is 0 Å². The van der Waals surface area contributed by atoms with Gasteiger partial charge in [-0.2, -0.15) is 0 Å². The van der Waals surface area contributed by atoms with Crippen LogP contribution in [0.3, 0.4) is 0 Å². The third kappa shape index (κ3) is 8.37. The maximum Gasteiger partial charge on any atom is 0.219 e. The first kappa shape index (κ1) is 15.7. The van der Waals surface area contributed by atoms with Crippen molar-refractivity contribution in [1.82, 2.24) is 14.9 Å². The number of carbonyl (C=O) groups excluding carboxylic acids is 1. The van der Waals surface area contributed by atoms with Gasteiger partial charge in [0.15, 0.2) is 0 Å². The number of imidazole rings is 1. The minimum Gasteiger partial charge on any atom is -0.356 e. The molecule has 0 aromatic carbocycles. The number of carbonyl (C=O) groups is 1. The molecular weight excluding hydrogens is 240 g/mol. The van der Waals surface area contributed by atoms with Crippen LogP contribution in [-0.2, 0) is 11.3 Å². The van der Waals surface area contributed by atoms with Crippen molar-refractivity contribution in [2.75, 3.05) is 13.1 Å². The summed E-state index contributed by atoms with van der Waals surface area (Å²) in [6, 6.07) is 0. The molecule has 0 aliphatic rings. The molecule has 3 N–H and O–H groups in total. The average Bonchev–Trinajstić information content (AvgIpc) is 2.91. The molecule has 5 heteroatoms. The van der Waals surface area contributed by atoms with Gasteiger partial charge < -0.3 is 15.6 Å².